The summed E-state index contributed by atoms with van der Waals surface area (Å²) in [5.74, 6) is 0.824. The zero-order valence-corrected chi connectivity index (χ0v) is 9.56. The van der Waals surface area contributed by atoms with E-state index >= 15 is 0 Å². The number of nitrogens with one attached hydrogen (secondary N) is 2. The summed E-state index contributed by atoms with van der Waals surface area (Å²) < 4.78 is 5.43. The number of nitrogens with zero attached hydrogens (tertiary/aromatic N) is 2. The summed E-state index contributed by atoms with van der Waals surface area (Å²) in [6, 6.07) is 1.43. The Balaban J connectivity index is 2.13. The average Bonchev–Trinajstić information content (AvgIpc) is 2.79. The summed E-state index contributed by atoms with van der Waals surface area (Å²) >= 11 is 0. The molecule has 0 unspecified atom stereocenters. The summed E-state index contributed by atoms with van der Waals surface area (Å²) in [7, 11) is 1.89. The normalized spacial score (nSPS) is 10.6. The van der Waals surface area contributed by atoms with Gasteiger partial charge in [-0.05, 0) is 20.0 Å². The van der Waals surface area contributed by atoms with Crippen LogP contribution >= 0.6 is 0 Å². The van der Waals surface area contributed by atoms with Crippen molar-refractivity contribution in [3.63, 3.8) is 0 Å². The molecule has 6 nitrogen and oxygen atoms in total. The fraction of sp³-hybridized carbons (Fsp3) is 0.364. The number of rotatable bonds is 5. The highest BCUT2D eigenvalue weighted by molar-refractivity contribution is 5.49. The predicted molar refractivity (Wildman–Crippen MR) is 62.6 cm³/mol. The minimum absolute atomic E-state index is 0.130. The third-order valence-electron chi connectivity index (χ3n) is 2.34. The Bertz CT molecular complexity index is 532. The Morgan fingerprint density at radius 3 is 3.12 bits per heavy atom. The Kier molecular flexibility index (Phi) is 3.66. The van der Waals surface area contributed by atoms with E-state index < -0.39 is 0 Å². The molecular formula is C11H14N4O2. The number of H-pyrrole nitrogens is 1. The van der Waals surface area contributed by atoms with Crippen molar-refractivity contribution in [2.45, 2.75) is 12.8 Å². The lowest BCUT2D eigenvalue weighted by atomic mass is 10.3. The van der Waals surface area contributed by atoms with Crippen LogP contribution < -0.4 is 10.7 Å². The lowest BCUT2D eigenvalue weighted by Gasteiger charge is -1.94. The molecule has 0 spiro atoms. The van der Waals surface area contributed by atoms with Crippen molar-refractivity contribution in [3.05, 3.63) is 34.6 Å². The smallest absolute Gasteiger partial charge is 0.253 e. The maximum absolute atomic E-state index is 11.5. The molecule has 0 aliphatic rings. The fourth-order valence-electron chi connectivity index (χ4n) is 1.46. The minimum Gasteiger partial charge on any atom is -0.420 e. The largest absolute Gasteiger partial charge is 0.420 e. The molecule has 2 heterocycles. The van der Waals surface area contributed by atoms with Crippen LogP contribution in [-0.2, 0) is 6.42 Å². The molecule has 0 aromatic carbocycles. The third-order valence-corrected chi connectivity index (χ3v) is 2.34. The van der Waals surface area contributed by atoms with Gasteiger partial charge in [-0.15, -0.1) is 10.2 Å². The van der Waals surface area contributed by atoms with Crippen molar-refractivity contribution in [3.8, 4) is 11.5 Å². The first-order valence-corrected chi connectivity index (χ1v) is 5.45. The van der Waals surface area contributed by atoms with E-state index in [0.717, 1.165) is 13.0 Å². The van der Waals surface area contributed by atoms with Gasteiger partial charge in [0.2, 0.25) is 5.89 Å². The fourth-order valence-corrected chi connectivity index (χ4v) is 1.46. The molecule has 90 valence electrons. The molecule has 2 aromatic heterocycles. The molecule has 0 saturated heterocycles. The van der Waals surface area contributed by atoms with Crippen LogP contribution in [0.2, 0.25) is 0 Å². The third kappa shape index (κ3) is 2.79. The van der Waals surface area contributed by atoms with Gasteiger partial charge >= 0.3 is 0 Å². The molecule has 2 rings (SSSR count). The highest BCUT2D eigenvalue weighted by atomic mass is 16.4. The van der Waals surface area contributed by atoms with Crippen LogP contribution in [0.25, 0.3) is 11.5 Å². The summed E-state index contributed by atoms with van der Waals surface area (Å²) in [5.41, 5.74) is 0.272. The highest BCUT2D eigenvalue weighted by Crippen LogP contribution is 2.12. The molecular weight excluding hydrogens is 220 g/mol. The first-order valence-electron chi connectivity index (χ1n) is 5.45. The van der Waals surface area contributed by atoms with Crippen LogP contribution in [0.4, 0.5) is 0 Å². The van der Waals surface area contributed by atoms with Gasteiger partial charge < -0.3 is 14.7 Å². The molecule has 6 heteroatoms. The van der Waals surface area contributed by atoms with E-state index in [2.05, 4.69) is 20.5 Å². The Labute approximate surface area is 98.1 Å². The van der Waals surface area contributed by atoms with Crippen LogP contribution in [0.3, 0.4) is 0 Å². The first kappa shape index (κ1) is 11.5. The molecule has 0 aliphatic carbocycles. The molecule has 2 N–H and O–H groups in total. The summed E-state index contributed by atoms with van der Waals surface area (Å²) in [4.78, 5) is 14.4. The number of aromatic nitrogens is 3. The van der Waals surface area contributed by atoms with Gasteiger partial charge in [-0.1, -0.05) is 0 Å². The van der Waals surface area contributed by atoms with Crippen LogP contribution in [-0.4, -0.2) is 28.8 Å². The maximum Gasteiger partial charge on any atom is 0.253 e. The predicted octanol–water partition coefficient (Wildman–Crippen LogP) is 0.577. The standard InChI is InChI=1S/C11H14N4O2/c1-12-5-2-3-10-14-15-11(17-10)8-7-13-6-4-9(8)16/h4,6-7,12H,2-3,5H2,1H3,(H,13,16). The molecule has 17 heavy (non-hydrogen) atoms. The second-order valence-electron chi connectivity index (χ2n) is 3.63. The van der Waals surface area contributed by atoms with Crippen molar-refractivity contribution in [2.75, 3.05) is 13.6 Å². The maximum atomic E-state index is 11.5. The Hall–Kier alpha value is -1.95. The van der Waals surface area contributed by atoms with Gasteiger partial charge in [0.25, 0.3) is 5.89 Å². The van der Waals surface area contributed by atoms with E-state index in [4.69, 9.17) is 4.42 Å². The van der Waals surface area contributed by atoms with Gasteiger partial charge in [0, 0.05) is 24.9 Å². The van der Waals surface area contributed by atoms with Gasteiger partial charge in [-0.25, -0.2) is 0 Å². The van der Waals surface area contributed by atoms with E-state index in [1.54, 1.807) is 12.4 Å². The number of aryl methyl sites for hydroxylation is 1. The van der Waals surface area contributed by atoms with Crippen molar-refractivity contribution < 1.29 is 4.42 Å². The lowest BCUT2D eigenvalue weighted by Crippen LogP contribution is -2.08. The van der Waals surface area contributed by atoms with Crippen molar-refractivity contribution in [1.82, 2.24) is 20.5 Å². The second kappa shape index (κ2) is 5.40. The zero-order chi connectivity index (χ0) is 12.1. The summed E-state index contributed by atoms with van der Waals surface area (Å²) in [5, 5.41) is 10.8. The monoisotopic (exact) mass is 234 g/mol. The summed E-state index contributed by atoms with van der Waals surface area (Å²) in [6.45, 7) is 0.892. The van der Waals surface area contributed by atoms with E-state index in [0.29, 0.717) is 17.9 Å². The molecule has 0 fully saturated rings. The number of aromatic amines is 1. The number of hydrogen-bond donors (Lipinski definition) is 2. The van der Waals surface area contributed by atoms with E-state index in [9.17, 15) is 4.79 Å². The zero-order valence-electron chi connectivity index (χ0n) is 9.56. The number of pyridine rings is 1. The van der Waals surface area contributed by atoms with Gasteiger partial charge in [0.15, 0.2) is 5.43 Å². The van der Waals surface area contributed by atoms with Crippen molar-refractivity contribution in [2.24, 2.45) is 0 Å². The summed E-state index contributed by atoms with van der Waals surface area (Å²) in [6.07, 6.45) is 4.76. The van der Waals surface area contributed by atoms with Crippen LogP contribution in [0, 0.1) is 0 Å². The SMILES string of the molecule is CNCCCc1nnc(-c2c[nH]ccc2=O)o1. The van der Waals surface area contributed by atoms with Gasteiger partial charge in [0.05, 0.1) is 0 Å². The van der Waals surface area contributed by atoms with E-state index in [-0.39, 0.29) is 11.3 Å². The van der Waals surface area contributed by atoms with Gasteiger partial charge in [-0.3, -0.25) is 4.79 Å². The minimum atomic E-state index is -0.130. The molecule has 2 aromatic rings. The topological polar surface area (TPSA) is 83.8 Å². The Morgan fingerprint density at radius 1 is 1.47 bits per heavy atom. The molecule has 0 amide bonds. The van der Waals surface area contributed by atoms with E-state index in [1.165, 1.54) is 6.07 Å². The van der Waals surface area contributed by atoms with Gasteiger partial charge in [-0.2, -0.15) is 0 Å². The lowest BCUT2D eigenvalue weighted by molar-refractivity contribution is 0.494. The van der Waals surface area contributed by atoms with Gasteiger partial charge in [0.1, 0.15) is 5.56 Å². The van der Waals surface area contributed by atoms with Crippen molar-refractivity contribution >= 4 is 0 Å². The quantitative estimate of drug-likeness (QED) is 0.739. The second-order valence-corrected chi connectivity index (χ2v) is 3.63. The van der Waals surface area contributed by atoms with Crippen LogP contribution in [0.5, 0.6) is 0 Å². The highest BCUT2D eigenvalue weighted by Gasteiger charge is 2.10. The molecule has 0 radical (unpaired) electrons. The molecule has 0 atom stereocenters. The number of hydrogen-bond acceptors (Lipinski definition) is 5. The molecule has 0 bridgehead atoms. The van der Waals surface area contributed by atoms with Crippen LogP contribution in [0.15, 0.2) is 27.7 Å². The molecule has 0 aliphatic heterocycles. The van der Waals surface area contributed by atoms with Crippen molar-refractivity contribution in [1.29, 1.82) is 0 Å². The van der Waals surface area contributed by atoms with Crippen LogP contribution in [0.1, 0.15) is 12.3 Å². The average molecular weight is 234 g/mol. The first-order chi connectivity index (χ1) is 8.31. The molecule has 0 saturated carbocycles. The van der Waals surface area contributed by atoms with E-state index in [1.807, 2.05) is 7.05 Å². The Morgan fingerprint density at radius 2 is 2.35 bits per heavy atom.